The molecule has 1 unspecified atom stereocenters. The lowest BCUT2D eigenvalue weighted by atomic mass is 10.0. The number of nitrogens with one attached hydrogen (secondary N) is 2. The van der Waals surface area contributed by atoms with Gasteiger partial charge in [-0.25, -0.2) is 0 Å². The van der Waals surface area contributed by atoms with Gasteiger partial charge in [-0.15, -0.1) is 0 Å². The lowest BCUT2D eigenvalue weighted by molar-refractivity contribution is -0.110. The predicted molar refractivity (Wildman–Crippen MR) is 134 cm³/mol. The molecule has 180 valence electrons. The van der Waals surface area contributed by atoms with E-state index in [-0.39, 0.29) is 11.8 Å². The molecular formula is C25H29BrN4O4. The second-order valence-electron chi connectivity index (χ2n) is 9.14. The highest BCUT2D eigenvalue weighted by atomic mass is 79.9. The van der Waals surface area contributed by atoms with Crippen LogP contribution in [0.25, 0.3) is 11.6 Å². The average Bonchev–Trinajstić information content (AvgIpc) is 3.23. The first-order chi connectivity index (χ1) is 16.4. The summed E-state index contributed by atoms with van der Waals surface area (Å²) in [5.41, 5.74) is 5.35. The van der Waals surface area contributed by atoms with E-state index in [1.165, 1.54) is 0 Å². The zero-order valence-electron chi connectivity index (χ0n) is 19.2. The van der Waals surface area contributed by atoms with E-state index < -0.39 is 6.10 Å². The molecule has 1 atom stereocenters. The van der Waals surface area contributed by atoms with E-state index >= 15 is 0 Å². The molecule has 1 aromatic heterocycles. The van der Waals surface area contributed by atoms with Crippen LogP contribution in [-0.4, -0.2) is 83.7 Å². The number of halogens is 1. The Balaban J connectivity index is 1.38. The molecule has 0 spiro atoms. The number of fused-ring (bicyclic) bond motifs is 2. The topological polar surface area (TPSA) is 97.9 Å². The van der Waals surface area contributed by atoms with Gasteiger partial charge in [0.1, 0.15) is 0 Å². The Hall–Kier alpha value is -2.46. The summed E-state index contributed by atoms with van der Waals surface area (Å²) >= 11 is 3.48. The van der Waals surface area contributed by atoms with Crippen LogP contribution in [0.2, 0.25) is 0 Å². The monoisotopic (exact) mass is 528 g/mol. The Kier molecular flexibility index (Phi) is 6.61. The van der Waals surface area contributed by atoms with Gasteiger partial charge >= 0.3 is 0 Å². The first-order valence-electron chi connectivity index (χ1n) is 11.7. The minimum Gasteiger partial charge on any atom is -0.390 e. The first-order valence-corrected chi connectivity index (χ1v) is 12.5. The fourth-order valence-electron chi connectivity index (χ4n) is 5.02. The van der Waals surface area contributed by atoms with Crippen LogP contribution in [0.15, 0.2) is 22.7 Å². The van der Waals surface area contributed by atoms with E-state index in [0.29, 0.717) is 44.0 Å². The van der Waals surface area contributed by atoms with Crippen molar-refractivity contribution in [1.82, 2.24) is 14.8 Å². The van der Waals surface area contributed by atoms with Crippen molar-refractivity contribution in [2.75, 3.05) is 51.3 Å². The van der Waals surface area contributed by atoms with Crippen molar-refractivity contribution in [3.8, 4) is 0 Å². The Morgan fingerprint density at radius 3 is 2.79 bits per heavy atom. The lowest BCUT2D eigenvalue weighted by Crippen LogP contribution is -2.46. The molecule has 0 saturated carbocycles. The van der Waals surface area contributed by atoms with Gasteiger partial charge in [0.15, 0.2) is 0 Å². The number of carbonyl (C=O) groups excluding carboxylic acids is 2. The summed E-state index contributed by atoms with van der Waals surface area (Å²) in [6.07, 6.45) is 2.79. The fraction of sp³-hybridized carbons (Fsp3) is 0.440. The molecule has 3 N–H and O–H groups in total. The second kappa shape index (κ2) is 9.65. The number of aryl methyl sites for hydroxylation is 1. The number of hydrogen-bond donors (Lipinski definition) is 3. The van der Waals surface area contributed by atoms with Crippen molar-refractivity contribution in [3.63, 3.8) is 0 Å². The first kappa shape index (κ1) is 23.3. The highest BCUT2D eigenvalue weighted by Crippen LogP contribution is 2.36. The molecule has 2 amide bonds. The Morgan fingerprint density at radius 2 is 2.00 bits per heavy atom. The van der Waals surface area contributed by atoms with Gasteiger partial charge in [-0.05, 0) is 49.6 Å². The summed E-state index contributed by atoms with van der Waals surface area (Å²) in [6, 6.07) is 5.69. The predicted octanol–water partition coefficient (Wildman–Crippen LogP) is 2.66. The summed E-state index contributed by atoms with van der Waals surface area (Å²) in [5, 5.41) is 13.6. The molecule has 0 aliphatic carbocycles. The molecular weight excluding hydrogens is 500 g/mol. The van der Waals surface area contributed by atoms with Crippen LogP contribution in [0.4, 0.5) is 5.69 Å². The number of aromatic amines is 1. The highest BCUT2D eigenvalue weighted by molar-refractivity contribution is 9.10. The highest BCUT2D eigenvalue weighted by Gasteiger charge is 2.30. The molecule has 2 aromatic rings. The number of hydrogen-bond acceptors (Lipinski definition) is 5. The van der Waals surface area contributed by atoms with E-state index in [9.17, 15) is 14.7 Å². The molecule has 34 heavy (non-hydrogen) atoms. The molecule has 3 aliphatic heterocycles. The third-order valence-corrected chi connectivity index (χ3v) is 7.27. The quantitative estimate of drug-likeness (QED) is 0.518. The van der Waals surface area contributed by atoms with Crippen molar-refractivity contribution in [2.45, 2.75) is 25.9 Å². The van der Waals surface area contributed by atoms with Gasteiger partial charge in [-0.1, -0.05) is 15.9 Å². The van der Waals surface area contributed by atoms with Crippen molar-refractivity contribution in [2.24, 2.45) is 0 Å². The van der Waals surface area contributed by atoms with Crippen LogP contribution >= 0.6 is 15.9 Å². The number of aromatic nitrogens is 1. The number of amides is 2. The largest absolute Gasteiger partial charge is 0.390 e. The molecule has 1 aromatic carbocycles. The standard InChI is InChI=1S/C25H29BrN4O4/c1-15-22(12-19-18-11-16(26)4-5-20(18)28-24(19)32)27-21-3-2-6-30(25(33)23(15)21)14-17(31)13-29-7-9-34-10-8-29/h4-5,11-12,17,27,31H,2-3,6-10,13-14H2,1H3,(H,28,32)/b19-12-. The van der Waals surface area contributed by atoms with Gasteiger partial charge in [0.05, 0.1) is 30.5 Å². The lowest BCUT2D eigenvalue weighted by Gasteiger charge is -2.31. The second-order valence-corrected chi connectivity index (χ2v) is 10.1. The Labute approximate surface area is 207 Å². The number of morpholine rings is 1. The van der Waals surface area contributed by atoms with Crippen molar-refractivity contribution in [1.29, 1.82) is 0 Å². The summed E-state index contributed by atoms with van der Waals surface area (Å²) < 4.78 is 6.27. The van der Waals surface area contributed by atoms with E-state index in [1.54, 1.807) is 4.90 Å². The van der Waals surface area contributed by atoms with Gasteiger partial charge < -0.3 is 25.0 Å². The number of ether oxygens (including phenoxy) is 1. The van der Waals surface area contributed by atoms with E-state index in [2.05, 4.69) is 31.1 Å². The van der Waals surface area contributed by atoms with Crippen LogP contribution in [0, 0.1) is 6.92 Å². The number of aliphatic hydroxyl groups excluding tert-OH is 1. The number of aliphatic hydroxyl groups is 1. The number of anilines is 1. The van der Waals surface area contributed by atoms with E-state index in [1.807, 2.05) is 31.2 Å². The number of benzene rings is 1. The minimum atomic E-state index is -0.610. The van der Waals surface area contributed by atoms with Crippen molar-refractivity contribution in [3.05, 3.63) is 50.8 Å². The van der Waals surface area contributed by atoms with Gasteiger partial charge in [-0.2, -0.15) is 0 Å². The summed E-state index contributed by atoms with van der Waals surface area (Å²) in [5.74, 6) is -0.220. The van der Waals surface area contributed by atoms with Gasteiger partial charge in [0.25, 0.3) is 11.8 Å². The fourth-order valence-corrected chi connectivity index (χ4v) is 5.38. The van der Waals surface area contributed by atoms with Crippen LogP contribution in [0.5, 0.6) is 0 Å². The molecule has 4 heterocycles. The summed E-state index contributed by atoms with van der Waals surface area (Å²) in [7, 11) is 0. The van der Waals surface area contributed by atoms with E-state index in [4.69, 9.17) is 4.74 Å². The maximum atomic E-state index is 13.5. The van der Waals surface area contributed by atoms with Crippen LogP contribution in [-0.2, 0) is 16.0 Å². The molecule has 3 aliphatic rings. The SMILES string of the molecule is Cc1c(/C=C2\C(=O)Nc3ccc(Br)cc32)[nH]c2c1C(=O)N(CC(O)CN1CCOCC1)CCC2. The van der Waals surface area contributed by atoms with Crippen molar-refractivity contribution >= 4 is 45.1 Å². The molecule has 1 fully saturated rings. The molecule has 9 heteroatoms. The van der Waals surface area contributed by atoms with Crippen LogP contribution in [0.1, 0.15) is 39.3 Å². The molecule has 8 nitrogen and oxygen atoms in total. The molecule has 5 rings (SSSR count). The van der Waals surface area contributed by atoms with Gasteiger partial charge in [0, 0.05) is 59.8 Å². The van der Waals surface area contributed by atoms with Gasteiger partial charge in [0.2, 0.25) is 0 Å². The number of nitrogens with zero attached hydrogens (tertiary/aromatic N) is 2. The minimum absolute atomic E-state index is 0.0639. The van der Waals surface area contributed by atoms with Crippen molar-refractivity contribution < 1.29 is 19.4 Å². The average molecular weight is 529 g/mol. The zero-order valence-corrected chi connectivity index (χ0v) is 20.8. The Bertz CT molecular complexity index is 1150. The number of H-pyrrole nitrogens is 1. The smallest absolute Gasteiger partial charge is 0.256 e. The molecule has 1 saturated heterocycles. The van der Waals surface area contributed by atoms with Crippen LogP contribution in [0.3, 0.4) is 0 Å². The maximum absolute atomic E-state index is 13.5. The normalized spacial score (nSPS) is 20.8. The van der Waals surface area contributed by atoms with Gasteiger partial charge in [-0.3, -0.25) is 14.5 Å². The molecule has 0 radical (unpaired) electrons. The number of carbonyl (C=O) groups is 2. The zero-order chi connectivity index (χ0) is 23.8. The summed E-state index contributed by atoms with van der Waals surface area (Å²) in [4.78, 5) is 33.5. The van der Waals surface area contributed by atoms with E-state index in [0.717, 1.165) is 58.6 Å². The number of rotatable bonds is 5. The van der Waals surface area contributed by atoms with Crippen LogP contribution < -0.4 is 5.32 Å². The maximum Gasteiger partial charge on any atom is 0.256 e. The number of β-amino-alcohol motifs (C(OH)–C–C–N with tert-alkyl or cyclic N) is 1. The molecule has 0 bridgehead atoms. The Morgan fingerprint density at radius 1 is 1.21 bits per heavy atom. The summed E-state index contributed by atoms with van der Waals surface area (Å²) in [6.45, 7) is 6.34. The third kappa shape index (κ3) is 4.57. The third-order valence-electron chi connectivity index (χ3n) is 6.78.